The second-order valence-electron chi connectivity index (χ2n) is 5.97. The molecule has 128 valence electrons. The molecule has 0 aliphatic heterocycles. The topological polar surface area (TPSA) is 64.4 Å². The van der Waals surface area contributed by atoms with Crippen LogP contribution in [0.4, 0.5) is 0 Å². The quantitative estimate of drug-likeness (QED) is 0.689. The highest BCUT2D eigenvalue weighted by atomic mass is 16.5. The molecule has 0 spiro atoms. The van der Waals surface area contributed by atoms with Crippen LogP contribution in [0.25, 0.3) is 22.0 Å². The molecule has 0 atom stereocenters. The summed E-state index contributed by atoms with van der Waals surface area (Å²) in [5.41, 5.74) is 3.72. The van der Waals surface area contributed by atoms with Crippen LogP contribution < -0.4 is 0 Å². The summed E-state index contributed by atoms with van der Waals surface area (Å²) in [6, 6.07) is 13.1. The van der Waals surface area contributed by atoms with Gasteiger partial charge in [-0.3, -0.25) is 9.48 Å². The van der Waals surface area contributed by atoms with E-state index in [1.807, 2.05) is 30.3 Å². The van der Waals surface area contributed by atoms with E-state index in [2.05, 4.69) is 5.10 Å². The molecule has 0 aliphatic rings. The fraction of sp³-hybridized carbons (Fsp3) is 0.211. The first kappa shape index (κ1) is 16.7. The summed E-state index contributed by atoms with van der Waals surface area (Å²) >= 11 is 0. The Balaban J connectivity index is 2.00. The number of hydrogen-bond donors (Lipinski definition) is 0. The van der Waals surface area contributed by atoms with Gasteiger partial charge in [-0.25, -0.2) is 4.79 Å². The van der Waals surface area contributed by atoms with E-state index in [4.69, 9.17) is 4.74 Å². The molecule has 0 unspecified atom stereocenters. The second-order valence-corrected chi connectivity index (χ2v) is 5.97. The Kier molecular flexibility index (Phi) is 4.27. The first-order valence-corrected chi connectivity index (χ1v) is 7.79. The van der Waals surface area contributed by atoms with Crippen molar-refractivity contribution < 1.29 is 14.3 Å². The van der Waals surface area contributed by atoms with E-state index in [1.165, 1.54) is 11.8 Å². The Morgan fingerprint density at radius 2 is 1.68 bits per heavy atom. The number of benzene rings is 2. The zero-order valence-corrected chi connectivity index (χ0v) is 14.6. The lowest BCUT2D eigenvalue weighted by molar-refractivity contribution is 0.0590. The van der Waals surface area contributed by atoms with Crippen molar-refractivity contribution in [3.63, 3.8) is 0 Å². The number of carbonyl (C=O) groups excluding carboxylic acids is 2. The van der Waals surface area contributed by atoms with Gasteiger partial charge in [0.1, 0.15) is 0 Å². The number of carbonyl (C=O) groups is 2. The van der Waals surface area contributed by atoms with Crippen LogP contribution in [0.15, 0.2) is 42.5 Å². The summed E-state index contributed by atoms with van der Waals surface area (Å²) in [6.45, 7) is 0. The third-order valence-electron chi connectivity index (χ3n) is 4.08. The lowest BCUT2D eigenvalue weighted by atomic mass is 10.0. The lowest BCUT2D eigenvalue weighted by Gasteiger charge is -2.10. The molecular formula is C19H19N3O3. The minimum atomic E-state index is -0.413. The number of fused-ring (bicyclic) bond motifs is 1. The summed E-state index contributed by atoms with van der Waals surface area (Å²) in [4.78, 5) is 25.4. The molecule has 0 radical (unpaired) electrons. The molecule has 3 aromatic rings. The van der Waals surface area contributed by atoms with E-state index in [-0.39, 0.29) is 5.91 Å². The van der Waals surface area contributed by atoms with Crippen LogP contribution in [0.5, 0.6) is 0 Å². The normalized spacial score (nSPS) is 10.7. The molecule has 0 saturated heterocycles. The first-order chi connectivity index (χ1) is 11.9. The van der Waals surface area contributed by atoms with E-state index >= 15 is 0 Å². The first-order valence-electron chi connectivity index (χ1n) is 7.79. The fourth-order valence-electron chi connectivity index (χ4n) is 2.78. The SMILES string of the molecule is COC(=O)c1c2ccc(-c3ccc(C(=O)N(C)C)cc3)cc2nn1C. The highest BCUT2D eigenvalue weighted by Gasteiger charge is 2.17. The average Bonchev–Trinajstić information content (AvgIpc) is 2.95. The van der Waals surface area contributed by atoms with Gasteiger partial charge in [-0.05, 0) is 35.4 Å². The lowest BCUT2D eigenvalue weighted by Crippen LogP contribution is -2.21. The minimum absolute atomic E-state index is 0.0329. The summed E-state index contributed by atoms with van der Waals surface area (Å²) in [5, 5.41) is 5.14. The van der Waals surface area contributed by atoms with Crippen LogP contribution in [0, 0.1) is 0 Å². The Bertz CT molecular complexity index is 956. The summed E-state index contributed by atoms with van der Waals surface area (Å²) < 4.78 is 6.34. The van der Waals surface area contributed by atoms with Gasteiger partial charge in [-0.15, -0.1) is 0 Å². The number of rotatable bonds is 3. The number of ether oxygens (including phenoxy) is 1. The van der Waals surface area contributed by atoms with Gasteiger partial charge < -0.3 is 9.64 Å². The highest BCUT2D eigenvalue weighted by Crippen LogP contribution is 2.26. The third kappa shape index (κ3) is 2.98. The van der Waals surface area contributed by atoms with E-state index in [0.717, 1.165) is 16.5 Å². The summed E-state index contributed by atoms with van der Waals surface area (Å²) in [5.74, 6) is -0.446. The standard InChI is InChI=1S/C19H19N3O3/c1-21(2)18(23)13-7-5-12(6-8-13)14-9-10-15-16(11-14)20-22(3)17(15)19(24)25-4/h5-11H,1-4H3. The molecule has 3 rings (SSSR count). The van der Waals surface area contributed by atoms with Gasteiger partial charge in [-0.1, -0.05) is 18.2 Å². The fourth-order valence-corrected chi connectivity index (χ4v) is 2.78. The molecule has 0 fully saturated rings. The van der Waals surface area contributed by atoms with E-state index < -0.39 is 5.97 Å². The van der Waals surface area contributed by atoms with Gasteiger partial charge in [-0.2, -0.15) is 5.10 Å². The molecule has 6 heteroatoms. The molecule has 2 aromatic carbocycles. The van der Waals surface area contributed by atoms with Crippen molar-refractivity contribution in [1.82, 2.24) is 14.7 Å². The maximum atomic E-state index is 12.0. The predicted octanol–water partition coefficient (Wildman–Crippen LogP) is 2.73. The summed E-state index contributed by atoms with van der Waals surface area (Å²) in [7, 11) is 6.52. The molecule has 1 aromatic heterocycles. The van der Waals surface area contributed by atoms with Gasteiger partial charge in [0.2, 0.25) is 0 Å². The minimum Gasteiger partial charge on any atom is -0.464 e. The van der Waals surface area contributed by atoms with E-state index in [9.17, 15) is 9.59 Å². The van der Waals surface area contributed by atoms with Gasteiger partial charge >= 0.3 is 5.97 Å². The maximum absolute atomic E-state index is 12.0. The maximum Gasteiger partial charge on any atom is 0.356 e. The summed E-state index contributed by atoms with van der Waals surface area (Å²) in [6.07, 6.45) is 0. The largest absolute Gasteiger partial charge is 0.464 e. The molecule has 25 heavy (non-hydrogen) atoms. The Morgan fingerprint density at radius 3 is 2.28 bits per heavy atom. The molecule has 0 N–H and O–H groups in total. The molecular weight excluding hydrogens is 318 g/mol. The van der Waals surface area contributed by atoms with Crippen molar-refractivity contribution >= 4 is 22.8 Å². The molecule has 1 heterocycles. The van der Waals surface area contributed by atoms with Crippen LogP contribution in [-0.4, -0.2) is 47.8 Å². The van der Waals surface area contributed by atoms with Crippen LogP contribution >= 0.6 is 0 Å². The number of aromatic nitrogens is 2. The molecule has 0 saturated carbocycles. The van der Waals surface area contributed by atoms with Crippen LogP contribution in [0.2, 0.25) is 0 Å². The third-order valence-corrected chi connectivity index (χ3v) is 4.08. The number of nitrogens with zero attached hydrogens (tertiary/aromatic N) is 3. The zero-order valence-electron chi connectivity index (χ0n) is 14.6. The Labute approximate surface area is 145 Å². The van der Waals surface area contributed by atoms with Crippen LogP contribution in [0.1, 0.15) is 20.8 Å². The molecule has 0 aliphatic carbocycles. The molecule has 0 bridgehead atoms. The van der Waals surface area contributed by atoms with E-state index in [1.54, 1.807) is 38.2 Å². The van der Waals surface area contributed by atoms with Crippen molar-refractivity contribution in [2.45, 2.75) is 0 Å². The zero-order chi connectivity index (χ0) is 18.1. The number of aryl methyl sites for hydroxylation is 1. The number of esters is 1. The van der Waals surface area contributed by atoms with Crippen LogP contribution in [-0.2, 0) is 11.8 Å². The smallest absolute Gasteiger partial charge is 0.356 e. The second kappa shape index (κ2) is 6.39. The van der Waals surface area contributed by atoms with Crippen molar-refractivity contribution in [2.75, 3.05) is 21.2 Å². The Morgan fingerprint density at radius 1 is 1.04 bits per heavy atom. The molecule has 6 nitrogen and oxygen atoms in total. The van der Waals surface area contributed by atoms with Gasteiger partial charge in [0.15, 0.2) is 5.69 Å². The van der Waals surface area contributed by atoms with Gasteiger partial charge in [0.25, 0.3) is 5.91 Å². The highest BCUT2D eigenvalue weighted by molar-refractivity contribution is 6.03. The number of hydrogen-bond acceptors (Lipinski definition) is 4. The number of methoxy groups -OCH3 is 1. The molecule has 1 amide bonds. The van der Waals surface area contributed by atoms with Gasteiger partial charge in [0, 0.05) is 32.1 Å². The monoisotopic (exact) mass is 337 g/mol. The van der Waals surface area contributed by atoms with Crippen molar-refractivity contribution in [1.29, 1.82) is 0 Å². The predicted molar refractivity (Wildman–Crippen MR) is 95.5 cm³/mol. The van der Waals surface area contributed by atoms with Crippen molar-refractivity contribution in [3.05, 3.63) is 53.7 Å². The Hall–Kier alpha value is -3.15. The van der Waals surface area contributed by atoms with Gasteiger partial charge in [0.05, 0.1) is 12.6 Å². The van der Waals surface area contributed by atoms with Crippen molar-refractivity contribution in [2.24, 2.45) is 7.05 Å². The van der Waals surface area contributed by atoms with Crippen LogP contribution in [0.3, 0.4) is 0 Å². The van der Waals surface area contributed by atoms with Crippen molar-refractivity contribution in [3.8, 4) is 11.1 Å². The number of amides is 1. The van der Waals surface area contributed by atoms with E-state index in [0.29, 0.717) is 16.8 Å². The average molecular weight is 337 g/mol.